The molecule has 17 heavy (non-hydrogen) atoms. The smallest absolute Gasteiger partial charge is 0.252 e. The summed E-state index contributed by atoms with van der Waals surface area (Å²) in [6, 6.07) is 7.40. The molecule has 1 aromatic carbocycles. The lowest BCUT2D eigenvalue weighted by Gasteiger charge is -2.17. The van der Waals surface area contributed by atoms with Gasteiger partial charge < -0.3 is 14.2 Å². The van der Waals surface area contributed by atoms with Crippen LogP contribution in [-0.2, 0) is 7.05 Å². The van der Waals surface area contributed by atoms with Crippen LogP contribution < -0.4 is 15.2 Å². The number of rotatable bonds is 2. The van der Waals surface area contributed by atoms with Crippen molar-refractivity contribution in [3.63, 3.8) is 0 Å². The van der Waals surface area contributed by atoms with E-state index in [2.05, 4.69) is 0 Å². The highest BCUT2D eigenvalue weighted by atomic mass is 16.5. The molecule has 0 saturated carbocycles. The Labute approximate surface area is 100 Å². The lowest BCUT2D eigenvalue weighted by molar-refractivity contribution is 0.415. The van der Waals surface area contributed by atoms with Crippen LogP contribution in [0.25, 0.3) is 10.9 Å². The van der Waals surface area contributed by atoms with E-state index in [1.807, 2.05) is 37.2 Å². The second-order valence-electron chi connectivity index (χ2n) is 4.20. The molecule has 2 aromatic rings. The molecule has 0 spiro atoms. The van der Waals surface area contributed by atoms with Gasteiger partial charge in [0.15, 0.2) is 0 Å². The second kappa shape index (κ2) is 4.13. The third kappa shape index (κ3) is 1.86. The van der Waals surface area contributed by atoms with Gasteiger partial charge in [-0.1, -0.05) is 0 Å². The van der Waals surface area contributed by atoms with E-state index in [0.717, 1.165) is 22.3 Å². The van der Waals surface area contributed by atoms with Crippen molar-refractivity contribution in [2.75, 3.05) is 26.1 Å². The predicted octanol–water partition coefficient (Wildman–Crippen LogP) is 1.61. The Morgan fingerprint density at radius 1 is 1.24 bits per heavy atom. The number of anilines is 1. The van der Waals surface area contributed by atoms with E-state index in [4.69, 9.17) is 4.74 Å². The molecule has 4 heteroatoms. The molecule has 0 aliphatic carbocycles. The number of fused-ring (bicyclic) bond motifs is 1. The summed E-state index contributed by atoms with van der Waals surface area (Å²) in [4.78, 5) is 13.8. The van der Waals surface area contributed by atoms with Gasteiger partial charge in [0.25, 0.3) is 5.56 Å². The summed E-state index contributed by atoms with van der Waals surface area (Å²) in [5.74, 6) is 0.753. The first-order valence-corrected chi connectivity index (χ1v) is 5.39. The lowest BCUT2D eigenvalue weighted by atomic mass is 10.1. The summed E-state index contributed by atoms with van der Waals surface area (Å²) in [7, 11) is 7.25. The molecule has 1 heterocycles. The molecular weight excluding hydrogens is 216 g/mol. The van der Waals surface area contributed by atoms with E-state index in [9.17, 15) is 4.79 Å². The van der Waals surface area contributed by atoms with Crippen LogP contribution in [-0.4, -0.2) is 25.8 Å². The normalized spacial score (nSPS) is 10.6. The average molecular weight is 232 g/mol. The topological polar surface area (TPSA) is 34.5 Å². The van der Waals surface area contributed by atoms with E-state index < -0.39 is 0 Å². The Bertz CT molecular complexity index is 615. The largest absolute Gasteiger partial charge is 0.497 e. The lowest BCUT2D eigenvalue weighted by Crippen LogP contribution is -2.20. The van der Waals surface area contributed by atoms with Crippen LogP contribution in [0.1, 0.15) is 0 Å². The van der Waals surface area contributed by atoms with Gasteiger partial charge in [-0.3, -0.25) is 4.79 Å². The molecular formula is C13H16N2O2. The van der Waals surface area contributed by atoms with Gasteiger partial charge >= 0.3 is 0 Å². The molecule has 0 amide bonds. The highest BCUT2D eigenvalue weighted by Gasteiger charge is 2.08. The number of hydrogen-bond acceptors (Lipinski definition) is 3. The van der Waals surface area contributed by atoms with Gasteiger partial charge in [0.1, 0.15) is 5.75 Å². The molecule has 4 nitrogen and oxygen atoms in total. The molecule has 0 aliphatic heterocycles. The molecule has 0 atom stereocenters. The van der Waals surface area contributed by atoms with Crippen LogP contribution >= 0.6 is 0 Å². The predicted molar refractivity (Wildman–Crippen MR) is 70.1 cm³/mol. The molecule has 0 unspecified atom stereocenters. The van der Waals surface area contributed by atoms with Crippen molar-refractivity contribution in [2.45, 2.75) is 0 Å². The van der Waals surface area contributed by atoms with Crippen molar-refractivity contribution in [3.05, 3.63) is 34.6 Å². The van der Waals surface area contributed by atoms with Crippen LogP contribution in [0.3, 0.4) is 0 Å². The summed E-state index contributed by atoms with van der Waals surface area (Å²) in [5.41, 5.74) is 1.78. The summed E-state index contributed by atoms with van der Waals surface area (Å²) in [5, 5.41) is 1.04. The van der Waals surface area contributed by atoms with Crippen molar-refractivity contribution >= 4 is 16.6 Å². The molecule has 0 bridgehead atoms. The zero-order valence-electron chi connectivity index (χ0n) is 10.5. The SMILES string of the molecule is COc1ccc2c(N(C)C)cc(=O)n(C)c2c1. The number of hydrogen-bond donors (Lipinski definition) is 0. The van der Waals surface area contributed by atoms with Crippen molar-refractivity contribution in [1.29, 1.82) is 0 Å². The minimum Gasteiger partial charge on any atom is -0.497 e. The van der Waals surface area contributed by atoms with Gasteiger partial charge in [0.05, 0.1) is 18.3 Å². The zero-order chi connectivity index (χ0) is 12.6. The van der Waals surface area contributed by atoms with Crippen molar-refractivity contribution in [3.8, 4) is 5.75 Å². The van der Waals surface area contributed by atoms with E-state index in [1.165, 1.54) is 0 Å². The summed E-state index contributed by atoms with van der Waals surface area (Å²) >= 11 is 0. The highest BCUT2D eigenvalue weighted by Crippen LogP contribution is 2.26. The van der Waals surface area contributed by atoms with E-state index >= 15 is 0 Å². The molecule has 0 radical (unpaired) electrons. The Balaban J connectivity index is 2.88. The number of ether oxygens (including phenoxy) is 1. The van der Waals surface area contributed by atoms with Gasteiger partial charge in [-0.2, -0.15) is 0 Å². The van der Waals surface area contributed by atoms with Crippen molar-refractivity contribution in [2.24, 2.45) is 7.05 Å². The fourth-order valence-corrected chi connectivity index (χ4v) is 1.91. The van der Waals surface area contributed by atoms with Gasteiger partial charge in [-0.05, 0) is 12.1 Å². The molecule has 90 valence electrons. The van der Waals surface area contributed by atoms with Crippen LogP contribution in [0.2, 0.25) is 0 Å². The van der Waals surface area contributed by atoms with Crippen LogP contribution in [0, 0.1) is 0 Å². The number of aromatic nitrogens is 1. The quantitative estimate of drug-likeness (QED) is 0.789. The highest BCUT2D eigenvalue weighted by molar-refractivity contribution is 5.92. The molecule has 0 aliphatic rings. The number of methoxy groups -OCH3 is 1. The maximum absolute atomic E-state index is 11.9. The third-order valence-electron chi connectivity index (χ3n) is 2.91. The maximum atomic E-state index is 11.9. The molecule has 0 saturated heterocycles. The Morgan fingerprint density at radius 2 is 1.94 bits per heavy atom. The van der Waals surface area contributed by atoms with Gasteiger partial charge in [0, 0.05) is 38.7 Å². The molecule has 1 aromatic heterocycles. The van der Waals surface area contributed by atoms with E-state index in [1.54, 1.807) is 24.8 Å². The Morgan fingerprint density at radius 3 is 2.53 bits per heavy atom. The fourth-order valence-electron chi connectivity index (χ4n) is 1.91. The monoisotopic (exact) mass is 232 g/mol. The van der Waals surface area contributed by atoms with Crippen LogP contribution in [0.5, 0.6) is 5.75 Å². The first-order valence-electron chi connectivity index (χ1n) is 5.39. The van der Waals surface area contributed by atoms with Gasteiger partial charge in [-0.15, -0.1) is 0 Å². The summed E-state index contributed by atoms with van der Waals surface area (Å²) in [6.07, 6.45) is 0. The van der Waals surface area contributed by atoms with Crippen LogP contribution in [0.15, 0.2) is 29.1 Å². The first kappa shape index (κ1) is 11.5. The summed E-state index contributed by atoms with van der Waals surface area (Å²) in [6.45, 7) is 0. The Hall–Kier alpha value is -1.97. The van der Waals surface area contributed by atoms with E-state index in [0.29, 0.717) is 0 Å². The van der Waals surface area contributed by atoms with E-state index in [-0.39, 0.29) is 5.56 Å². The van der Waals surface area contributed by atoms with Gasteiger partial charge in [-0.25, -0.2) is 0 Å². The average Bonchev–Trinajstić information content (AvgIpc) is 2.32. The second-order valence-corrected chi connectivity index (χ2v) is 4.20. The number of nitrogens with zero attached hydrogens (tertiary/aromatic N) is 2. The Kier molecular flexibility index (Phi) is 2.79. The zero-order valence-corrected chi connectivity index (χ0v) is 10.5. The number of pyridine rings is 1. The standard InChI is InChI=1S/C13H16N2O2/c1-14(2)11-8-13(16)15(3)12-7-9(17-4)5-6-10(11)12/h5-8H,1-4H3. The number of aryl methyl sites for hydroxylation is 1. The van der Waals surface area contributed by atoms with Crippen LogP contribution in [0.4, 0.5) is 5.69 Å². The number of benzene rings is 1. The summed E-state index contributed by atoms with van der Waals surface area (Å²) < 4.78 is 6.82. The van der Waals surface area contributed by atoms with Crippen molar-refractivity contribution < 1.29 is 4.74 Å². The minimum absolute atomic E-state index is 0.0190. The third-order valence-corrected chi connectivity index (χ3v) is 2.91. The molecule has 0 N–H and O–H groups in total. The minimum atomic E-state index is -0.0190. The van der Waals surface area contributed by atoms with Gasteiger partial charge in [0.2, 0.25) is 0 Å². The molecule has 2 rings (SSSR count). The molecule has 0 fully saturated rings. The maximum Gasteiger partial charge on any atom is 0.252 e. The van der Waals surface area contributed by atoms with Crippen molar-refractivity contribution in [1.82, 2.24) is 4.57 Å². The fraction of sp³-hybridized carbons (Fsp3) is 0.308. The first-order chi connectivity index (χ1) is 8.04.